The number of aliphatic hydroxyl groups is 1. The number of carbonyl (C=O) groups is 1. The molecule has 0 spiro atoms. The molecule has 2 rings (SSSR count). The van der Waals surface area contributed by atoms with E-state index in [0.29, 0.717) is 12.8 Å². The minimum Gasteiger partial charge on any atom is -0.396 e. The number of carbonyl (C=O) groups excluding carboxylic acids is 1. The smallest absolute Gasteiger partial charge is 0.265 e. The molecule has 0 fully saturated rings. The third-order valence-corrected chi connectivity index (χ3v) is 5.43. The SMILES string of the molecule is CCC(CCO)C(=O)Nc1ccc(S(=O)(=O)Nc2nccs2)cn1. The van der Waals surface area contributed by atoms with Gasteiger partial charge >= 0.3 is 0 Å². The van der Waals surface area contributed by atoms with Crippen molar-refractivity contribution in [2.24, 2.45) is 5.92 Å². The Hall–Kier alpha value is -2.04. The molecule has 8 nitrogen and oxygen atoms in total. The predicted octanol–water partition coefficient (Wildman–Crippen LogP) is 1.69. The lowest BCUT2D eigenvalue weighted by atomic mass is 10.0. The van der Waals surface area contributed by atoms with E-state index in [4.69, 9.17) is 5.11 Å². The summed E-state index contributed by atoms with van der Waals surface area (Å²) in [6.07, 6.45) is 3.62. The summed E-state index contributed by atoms with van der Waals surface area (Å²) in [4.78, 5) is 19.8. The summed E-state index contributed by atoms with van der Waals surface area (Å²) in [7, 11) is -3.77. The van der Waals surface area contributed by atoms with Crippen molar-refractivity contribution in [2.45, 2.75) is 24.7 Å². The number of hydrogen-bond acceptors (Lipinski definition) is 7. The molecule has 1 unspecified atom stereocenters. The molecule has 3 N–H and O–H groups in total. The fraction of sp³-hybridized carbons (Fsp3) is 0.357. The summed E-state index contributed by atoms with van der Waals surface area (Å²) >= 11 is 1.17. The second-order valence-electron chi connectivity index (χ2n) is 4.93. The molecule has 0 bridgehead atoms. The lowest BCUT2D eigenvalue weighted by Crippen LogP contribution is -2.23. The Kier molecular flexibility index (Phi) is 6.23. The van der Waals surface area contributed by atoms with E-state index in [-0.39, 0.29) is 34.3 Å². The van der Waals surface area contributed by atoms with Gasteiger partial charge in [-0.2, -0.15) is 0 Å². The molecule has 1 atom stereocenters. The van der Waals surface area contributed by atoms with Gasteiger partial charge in [0.2, 0.25) is 5.91 Å². The van der Waals surface area contributed by atoms with Gasteiger partial charge in [-0.1, -0.05) is 6.92 Å². The van der Waals surface area contributed by atoms with E-state index in [0.717, 1.165) is 0 Å². The van der Waals surface area contributed by atoms with Crippen molar-refractivity contribution in [3.05, 3.63) is 29.9 Å². The zero-order valence-corrected chi connectivity index (χ0v) is 14.6. The summed E-state index contributed by atoms with van der Waals surface area (Å²) in [5.74, 6) is -0.313. The van der Waals surface area contributed by atoms with Crippen molar-refractivity contribution in [1.82, 2.24) is 9.97 Å². The van der Waals surface area contributed by atoms with Crippen molar-refractivity contribution >= 4 is 38.2 Å². The average molecular weight is 370 g/mol. The Morgan fingerprint density at radius 3 is 2.71 bits per heavy atom. The first-order valence-corrected chi connectivity index (χ1v) is 9.62. The average Bonchev–Trinajstić information content (AvgIpc) is 3.05. The number of anilines is 2. The topological polar surface area (TPSA) is 121 Å². The van der Waals surface area contributed by atoms with Gasteiger partial charge < -0.3 is 10.4 Å². The van der Waals surface area contributed by atoms with Gasteiger partial charge in [-0.3, -0.25) is 9.52 Å². The first-order valence-electron chi connectivity index (χ1n) is 7.26. The van der Waals surface area contributed by atoms with Crippen LogP contribution in [0.25, 0.3) is 0 Å². The molecule has 2 heterocycles. The van der Waals surface area contributed by atoms with Crippen LogP contribution in [0.4, 0.5) is 10.9 Å². The molecule has 2 aromatic heterocycles. The van der Waals surface area contributed by atoms with Crippen molar-refractivity contribution in [1.29, 1.82) is 0 Å². The second kappa shape index (κ2) is 8.18. The van der Waals surface area contributed by atoms with Gasteiger partial charge in [0, 0.05) is 30.3 Å². The standard InChI is InChI=1S/C14H18N4O4S2/c1-2-10(5-7-19)13(20)17-12-4-3-11(9-16-12)24(21,22)18-14-15-6-8-23-14/h3-4,6,8-10,19H,2,5,7H2,1H3,(H,15,18)(H,16,17,20). The molecule has 0 aliphatic rings. The maximum Gasteiger partial charge on any atom is 0.265 e. The van der Waals surface area contributed by atoms with Crippen LogP contribution in [0.15, 0.2) is 34.8 Å². The van der Waals surface area contributed by atoms with E-state index in [1.165, 1.54) is 35.9 Å². The number of aromatic nitrogens is 2. The molecular weight excluding hydrogens is 352 g/mol. The zero-order valence-electron chi connectivity index (χ0n) is 13.0. The highest BCUT2D eigenvalue weighted by Gasteiger charge is 2.18. The normalized spacial score (nSPS) is 12.6. The molecule has 0 saturated heterocycles. The van der Waals surface area contributed by atoms with Crippen molar-refractivity contribution < 1.29 is 18.3 Å². The lowest BCUT2D eigenvalue weighted by molar-refractivity contribution is -0.120. The largest absolute Gasteiger partial charge is 0.396 e. The number of pyridine rings is 1. The van der Waals surface area contributed by atoms with Gasteiger partial charge in [0.05, 0.1) is 0 Å². The van der Waals surface area contributed by atoms with E-state index >= 15 is 0 Å². The van der Waals surface area contributed by atoms with E-state index in [1.54, 1.807) is 5.38 Å². The molecule has 10 heteroatoms. The fourth-order valence-corrected chi connectivity index (χ4v) is 3.70. The zero-order chi connectivity index (χ0) is 17.6. The van der Waals surface area contributed by atoms with E-state index < -0.39 is 10.0 Å². The third kappa shape index (κ3) is 4.73. The highest BCUT2D eigenvalue weighted by molar-refractivity contribution is 7.93. The minimum atomic E-state index is -3.77. The lowest BCUT2D eigenvalue weighted by Gasteiger charge is -2.13. The Morgan fingerprint density at radius 2 is 2.17 bits per heavy atom. The quantitative estimate of drug-likeness (QED) is 0.650. The highest BCUT2D eigenvalue weighted by Crippen LogP contribution is 2.18. The van der Waals surface area contributed by atoms with Crippen molar-refractivity contribution in [3.63, 3.8) is 0 Å². The van der Waals surface area contributed by atoms with Gasteiger partial charge in [-0.25, -0.2) is 18.4 Å². The van der Waals surface area contributed by atoms with Gasteiger partial charge in [0.15, 0.2) is 5.13 Å². The minimum absolute atomic E-state index is 0.0295. The molecular formula is C14H18N4O4S2. The summed E-state index contributed by atoms with van der Waals surface area (Å²) < 4.78 is 26.7. The number of aliphatic hydroxyl groups excluding tert-OH is 1. The second-order valence-corrected chi connectivity index (χ2v) is 7.51. The Bertz CT molecular complexity index is 761. The third-order valence-electron chi connectivity index (χ3n) is 3.29. The molecule has 0 saturated carbocycles. The maximum atomic E-state index is 12.2. The van der Waals surface area contributed by atoms with Gasteiger partial charge in [0.25, 0.3) is 10.0 Å². The number of rotatable bonds is 8. The van der Waals surface area contributed by atoms with Crippen LogP contribution in [-0.4, -0.2) is 36.0 Å². The number of sulfonamides is 1. The predicted molar refractivity (Wildman–Crippen MR) is 91.3 cm³/mol. The molecule has 0 radical (unpaired) electrons. The molecule has 2 aromatic rings. The van der Waals surface area contributed by atoms with Crippen LogP contribution in [0.2, 0.25) is 0 Å². The molecule has 0 aliphatic heterocycles. The van der Waals surface area contributed by atoms with Crippen molar-refractivity contribution in [3.8, 4) is 0 Å². The van der Waals surface area contributed by atoms with Crippen LogP contribution in [-0.2, 0) is 14.8 Å². The number of amides is 1. The van der Waals surface area contributed by atoms with Crippen LogP contribution in [0, 0.1) is 5.92 Å². The van der Waals surface area contributed by atoms with Crippen LogP contribution < -0.4 is 10.0 Å². The summed E-state index contributed by atoms with van der Waals surface area (Å²) in [6.45, 7) is 1.78. The monoisotopic (exact) mass is 370 g/mol. The summed E-state index contributed by atoms with van der Waals surface area (Å²) in [6, 6.07) is 2.77. The first-order chi connectivity index (χ1) is 11.5. The van der Waals surface area contributed by atoms with Crippen LogP contribution in [0.1, 0.15) is 19.8 Å². The maximum absolute atomic E-state index is 12.2. The van der Waals surface area contributed by atoms with Gasteiger partial charge in [-0.15, -0.1) is 11.3 Å². The van der Waals surface area contributed by atoms with E-state index in [2.05, 4.69) is 20.0 Å². The molecule has 130 valence electrons. The van der Waals surface area contributed by atoms with Crippen LogP contribution in [0.5, 0.6) is 0 Å². The molecule has 1 amide bonds. The summed E-state index contributed by atoms with van der Waals surface area (Å²) in [5, 5.41) is 13.5. The Morgan fingerprint density at radius 1 is 1.38 bits per heavy atom. The van der Waals surface area contributed by atoms with E-state index in [9.17, 15) is 13.2 Å². The highest BCUT2D eigenvalue weighted by atomic mass is 32.2. The van der Waals surface area contributed by atoms with Crippen LogP contribution in [0.3, 0.4) is 0 Å². The molecule has 24 heavy (non-hydrogen) atoms. The molecule has 0 aliphatic carbocycles. The first kappa shape index (κ1) is 18.3. The number of nitrogens with one attached hydrogen (secondary N) is 2. The van der Waals surface area contributed by atoms with Gasteiger partial charge in [-0.05, 0) is 25.0 Å². The van der Waals surface area contributed by atoms with Crippen LogP contribution >= 0.6 is 11.3 Å². The molecule has 0 aromatic carbocycles. The van der Waals surface area contributed by atoms with Crippen molar-refractivity contribution in [2.75, 3.05) is 16.6 Å². The number of thiazole rings is 1. The number of nitrogens with zero attached hydrogens (tertiary/aromatic N) is 2. The van der Waals surface area contributed by atoms with E-state index in [1.807, 2.05) is 6.92 Å². The fourth-order valence-electron chi connectivity index (χ4n) is 1.97. The van der Waals surface area contributed by atoms with Gasteiger partial charge in [0.1, 0.15) is 10.7 Å². The Labute approximate surface area is 144 Å². The summed E-state index contributed by atoms with van der Waals surface area (Å²) in [5.41, 5.74) is 0. The number of hydrogen-bond donors (Lipinski definition) is 3. The Balaban J connectivity index is 2.06.